The number of carboxylic acid groups (broad SMARTS) is 1. The number of unbranched alkanes of at least 4 members (excludes halogenated alkanes) is 34. The average Bonchev–Trinajstić information content (AvgIpc) is 3.29. The lowest BCUT2D eigenvalue weighted by Crippen LogP contribution is -2.44. The molecule has 0 amide bonds. The maximum atomic E-state index is 12.8. The number of nitrogens with zero attached hydrogens (tertiary/aromatic N) is 1. The summed E-state index contributed by atoms with van der Waals surface area (Å²) in [5, 5.41) is 11.8. The van der Waals surface area contributed by atoms with Gasteiger partial charge >= 0.3 is 11.9 Å². The van der Waals surface area contributed by atoms with E-state index in [-0.39, 0.29) is 32.2 Å². The SMILES string of the molecule is CCCCCCC/C=C\C/C=C\CCCCCCCCCCCCCC(=O)OC(COC(=O)CCCCCCCCCCCCCCCCCCCCC)COC(OCC[N+](C)(C)C)C(=O)[O-]. The molecule has 0 fully saturated rings. The van der Waals surface area contributed by atoms with Crippen LogP contribution in [0.2, 0.25) is 0 Å². The highest BCUT2D eigenvalue weighted by Crippen LogP contribution is 2.17. The summed E-state index contributed by atoms with van der Waals surface area (Å²) < 4.78 is 22.7. The van der Waals surface area contributed by atoms with Crippen LogP contribution in [0.5, 0.6) is 0 Å². The highest BCUT2D eigenvalue weighted by atomic mass is 16.7. The van der Waals surface area contributed by atoms with Crippen LogP contribution in [0.1, 0.15) is 271 Å². The van der Waals surface area contributed by atoms with E-state index in [1.54, 1.807) is 0 Å². The first-order chi connectivity index (χ1) is 32.6. The van der Waals surface area contributed by atoms with Crippen molar-refractivity contribution in [3.8, 4) is 0 Å². The van der Waals surface area contributed by atoms with Crippen molar-refractivity contribution in [1.82, 2.24) is 0 Å². The molecule has 0 spiro atoms. The quantitative estimate of drug-likeness (QED) is 0.0195. The summed E-state index contributed by atoms with van der Waals surface area (Å²) in [6.07, 6.45) is 55.0. The summed E-state index contributed by atoms with van der Waals surface area (Å²) in [5.41, 5.74) is 0. The van der Waals surface area contributed by atoms with Crippen LogP contribution < -0.4 is 5.11 Å². The fourth-order valence-corrected chi connectivity index (χ4v) is 8.27. The zero-order valence-corrected chi connectivity index (χ0v) is 44.8. The lowest BCUT2D eigenvalue weighted by Gasteiger charge is -2.26. The van der Waals surface area contributed by atoms with Gasteiger partial charge in [-0.25, -0.2) is 0 Å². The van der Waals surface area contributed by atoms with Gasteiger partial charge in [-0.1, -0.05) is 237 Å². The molecular weight excluding hydrogens is 839 g/mol. The van der Waals surface area contributed by atoms with Crippen molar-refractivity contribution < 1.29 is 42.9 Å². The molecule has 0 radical (unpaired) electrons. The number of hydrogen-bond acceptors (Lipinski definition) is 8. The molecule has 0 aromatic heterocycles. The molecule has 0 aliphatic heterocycles. The number of carbonyl (C=O) groups excluding carboxylic acids is 3. The molecule has 9 heteroatoms. The van der Waals surface area contributed by atoms with Crippen molar-refractivity contribution in [2.45, 2.75) is 283 Å². The molecule has 0 heterocycles. The van der Waals surface area contributed by atoms with E-state index in [4.69, 9.17) is 18.9 Å². The number of allylic oxidation sites excluding steroid dienone is 4. The summed E-state index contributed by atoms with van der Waals surface area (Å²) in [4.78, 5) is 37.3. The second-order valence-corrected chi connectivity index (χ2v) is 20.6. The van der Waals surface area contributed by atoms with Crippen LogP contribution in [0.15, 0.2) is 24.3 Å². The molecular formula is C58H109NO8. The average molecular weight is 949 g/mol. The van der Waals surface area contributed by atoms with E-state index in [2.05, 4.69) is 38.2 Å². The molecule has 0 aliphatic carbocycles. The minimum absolute atomic E-state index is 0.150. The van der Waals surface area contributed by atoms with E-state index in [0.717, 1.165) is 44.9 Å². The van der Waals surface area contributed by atoms with Gasteiger partial charge in [0.05, 0.1) is 40.3 Å². The minimum Gasteiger partial charge on any atom is -0.545 e. The van der Waals surface area contributed by atoms with E-state index >= 15 is 0 Å². The Kier molecular flexibility index (Phi) is 48.5. The molecule has 0 rings (SSSR count). The maximum Gasteiger partial charge on any atom is 0.306 e. The Labute approximate surface area is 414 Å². The molecule has 0 saturated carbocycles. The predicted octanol–water partition coefficient (Wildman–Crippen LogP) is 15.0. The fourth-order valence-electron chi connectivity index (χ4n) is 8.27. The minimum atomic E-state index is -1.62. The highest BCUT2D eigenvalue weighted by molar-refractivity contribution is 5.70. The van der Waals surface area contributed by atoms with Crippen molar-refractivity contribution in [2.75, 3.05) is 47.5 Å². The lowest BCUT2D eigenvalue weighted by atomic mass is 10.0. The third-order valence-electron chi connectivity index (χ3n) is 12.7. The molecule has 67 heavy (non-hydrogen) atoms. The Balaban J connectivity index is 4.24. The van der Waals surface area contributed by atoms with Gasteiger partial charge in [0.1, 0.15) is 13.2 Å². The fraction of sp³-hybridized carbons (Fsp3) is 0.879. The number of rotatable bonds is 53. The summed E-state index contributed by atoms with van der Waals surface area (Å²) in [6.45, 7) is 4.78. The smallest absolute Gasteiger partial charge is 0.306 e. The summed E-state index contributed by atoms with van der Waals surface area (Å²) >= 11 is 0. The van der Waals surface area contributed by atoms with Crippen molar-refractivity contribution >= 4 is 17.9 Å². The van der Waals surface area contributed by atoms with Gasteiger partial charge in [-0.15, -0.1) is 0 Å². The van der Waals surface area contributed by atoms with Crippen LogP contribution in [0.4, 0.5) is 0 Å². The molecule has 2 unspecified atom stereocenters. The van der Waals surface area contributed by atoms with Crippen LogP contribution in [0.25, 0.3) is 0 Å². The highest BCUT2D eigenvalue weighted by Gasteiger charge is 2.22. The second kappa shape index (κ2) is 50.2. The van der Waals surface area contributed by atoms with Gasteiger partial charge in [0, 0.05) is 12.8 Å². The van der Waals surface area contributed by atoms with Crippen molar-refractivity contribution in [2.24, 2.45) is 0 Å². The van der Waals surface area contributed by atoms with Gasteiger partial charge in [-0.2, -0.15) is 0 Å². The van der Waals surface area contributed by atoms with Gasteiger partial charge in [0.2, 0.25) is 0 Å². The van der Waals surface area contributed by atoms with Gasteiger partial charge in [-0.05, 0) is 44.9 Å². The van der Waals surface area contributed by atoms with E-state index in [1.807, 2.05) is 21.1 Å². The van der Waals surface area contributed by atoms with Crippen LogP contribution >= 0.6 is 0 Å². The topological polar surface area (TPSA) is 111 Å². The first-order valence-electron chi connectivity index (χ1n) is 28.5. The zero-order valence-electron chi connectivity index (χ0n) is 44.8. The number of quaternary nitrogens is 1. The first-order valence-corrected chi connectivity index (χ1v) is 28.5. The van der Waals surface area contributed by atoms with E-state index in [1.165, 1.54) is 193 Å². The third-order valence-corrected chi connectivity index (χ3v) is 12.7. The van der Waals surface area contributed by atoms with Gasteiger partial charge in [0.25, 0.3) is 0 Å². The number of esters is 2. The maximum absolute atomic E-state index is 12.8. The lowest BCUT2D eigenvalue weighted by molar-refractivity contribution is -0.870. The van der Waals surface area contributed by atoms with Crippen molar-refractivity contribution in [3.63, 3.8) is 0 Å². The van der Waals surface area contributed by atoms with Gasteiger partial charge in [0.15, 0.2) is 12.4 Å². The van der Waals surface area contributed by atoms with Gasteiger partial charge < -0.3 is 33.3 Å². The number of carboxylic acids is 1. The van der Waals surface area contributed by atoms with Crippen LogP contribution in [0.3, 0.4) is 0 Å². The van der Waals surface area contributed by atoms with Crippen LogP contribution in [-0.2, 0) is 33.3 Å². The molecule has 0 aromatic rings. The van der Waals surface area contributed by atoms with Crippen molar-refractivity contribution in [3.05, 3.63) is 24.3 Å². The molecule has 9 nitrogen and oxygen atoms in total. The summed E-state index contributed by atoms with van der Waals surface area (Å²) in [7, 11) is 5.93. The van der Waals surface area contributed by atoms with Crippen LogP contribution in [-0.4, -0.2) is 82.3 Å². The molecule has 394 valence electrons. The van der Waals surface area contributed by atoms with E-state index < -0.39 is 24.3 Å². The Bertz CT molecular complexity index is 1150. The second-order valence-electron chi connectivity index (χ2n) is 20.6. The molecule has 0 saturated heterocycles. The Morgan fingerprint density at radius 3 is 1.18 bits per heavy atom. The zero-order chi connectivity index (χ0) is 49.2. The number of ether oxygens (including phenoxy) is 4. The standard InChI is InChI=1S/C58H109NO8/c1-6-8-10-12-14-16-18-20-22-24-26-27-28-29-31-33-35-37-39-41-43-45-47-49-56(61)67-54(53-66-58(57(62)63)64-51-50-59(3,4)5)52-65-55(60)48-46-44-42-40-38-36-34-32-30-25-23-21-19-17-15-13-11-9-7-2/h18,20,24,26,54,58H,6-17,19,21-23,25,27-53H2,1-5H3/b20-18-,26-24-. The monoisotopic (exact) mass is 948 g/mol. The molecule has 0 aromatic carbocycles. The predicted molar refractivity (Wildman–Crippen MR) is 279 cm³/mol. The molecule has 0 bridgehead atoms. The number of aliphatic carboxylic acids is 1. The van der Waals surface area contributed by atoms with E-state index in [9.17, 15) is 19.5 Å². The molecule has 2 atom stereocenters. The summed E-state index contributed by atoms with van der Waals surface area (Å²) in [6, 6.07) is 0. The number of likely N-dealkylation sites (N-methyl/N-ethyl adjacent to an activating group) is 1. The largest absolute Gasteiger partial charge is 0.545 e. The van der Waals surface area contributed by atoms with Crippen LogP contribution in [0, 0.1) is 0 Å². The normalized spacial score (nSPS) is 12.9. The van der Waals surface area contributed by atoms with Crippen molar-refractivity contribution in [1.29, 1.82) is 0 Å². The number of carbonyl (C=O) groups is 3. The van der Waals surface area contributed by atoms with E-state index in [0.29, 0.717) is 23.9 Å². The molecule has 0 N–H and O–H groups in total. The molecule has 0 aliphatic rings. The third kappa shape index (κ3) is 51.4. The van der Waals surface area contributed by atoms with Gasteiger partial charge in [-0.3, -0.25) is 9.59 Å². The first kappa shape index (κ1) is 64.8. The number of hydrogen-bond donors (Lipinski definition) is 0. The Morgan fingerprint density at radius 2 is 0.806 bits per heavy atom. The summed E-state index contributed by atoms with van der Waals surface area (Å²) in [5.74, 6) is -2.27. The Morgan fingerprint density at radius 1 is 0.448 bits per heavy atom. The Hall–Kier alpha value is -2.23.